The fourth-order valence-corrected chi connectivity index (χ4v) is 1.45. The Hall–Kier alpha value is -1.85. The third-order valence-corrected chi connectivity index (χ3v) is 2.25. The Labute approximate surface area is 87.7 Å². The van der Waals surface area contributed by atoms with E-state index in [1.54, 1.807) is 15.6 Å². The van der Waals surface area contributed by atoms with E-state index in [9.17, 15) is 0 Å². The van der Waals surface area contributed by atoms with Gasteiger partial charge in [0.2, 0.25) is 0 Å². The number of nitrogen functional groups attached to an aromatic ring is 1. The van der Waals surface area contributed by atoms with Gasteiger partial charge in [0.1, 0.15) is 18.2 Å². The third kappa shape index (κ3) is 1.83. The molecule has 6 nitrogen and oxygen atoms in total. The molecule has 0 saturated carbocycles. The highest BCUT2D eigenvalue weighted by Gasteiger charge is 2.06. The summed E-state index contributed by atoms with van der Waals surface area (Å²) in [6.07, 6.45) is 1.80. The molecule has 0 aliphatic rings. The molecule has 0 aromatic carbocycles. The van der Waals surface area contributed by atoms with E-state index in [1.165, 1.54) is 0 Å². The van der Waals surface area contributed by atoms with Crippen LogP contribution in [-0.4, -0.2) is 24.5 Å². The van der Waals surface area contributed by atoms with Crippen LogP contribution < -0.4 is 5.73 Å². The van der Waals surface area contributed by atoms with Crippen LogP contribution in [-0.2, 0) is 13.6 Å². The molecule has 0 radical (unpaired) electrons. The second-order valence-corrected chi connectivity index (χ2v) is 3.57. The molecule has 2 rings (SSSR count). The van der Waals surface area contributed by atoms with E-state index in [1.807, 2.05) is 20.9 Å². The van der Waals surface area contributed by atoms with Crippen molar-refractivity contribution < 1.29 is 0 Å². The molecule has 15 heavy (non-hydrogen) atoms. The molecule has 0 amide bonds. The number of aromatic nitrogens is 5. The van der Waals surface area contributed by atoms with Crippen molar-refractivity contribution in [2.24, 2.45) is 7.05 Å². The summed E-state index contributed by atoms with van der Waals surface area (Å²) < 4.78 is 3.52. The maximum atomic E-state index is 5.71. The van der Waals surface area contributed by atoms with Gasteiger partial charge in [0.05, 0.1) is 11.4 Å². The Morgan fingerprint density at radius 3 is 2.53 bits per heavy atom. The minimum atomic E-state index is 0.593. The van der Waals surface area contributed by atoms with Crippen LogP contribution in [0.5, 0.6) is 0 Å². The molecule has 0 aliphatic heterocycles. The van der Waals surface area contributed by atoms with E-state index in [0.717, 1.165) is 17.3 Å². The number of hydrogen-bond acceptors (Lipinski definition) is 4. The molecule has 2 aromatic heterocycles. The van der Waals surface area contributed by atoms with Gasteiger partial charge in [0, 0.05) is 13.2 Å². The minimum Gasteiger partial charge on any atom is -0.396 e. The highest BCUT2D eigenvalue weighted by atomic mass is 15.4. The molecule has 0 spiro atoms. The van der Waals surface area contributed by atoms with E-state index in [4.69, 9.17) is 5.73 Å². The van der Waals surface area contributed by atoms with Gasteiger partial charge in [-0.25, -0.2) is 4.98 Å². The van der Waals surface area contributed by atoms with Gasteiger partial charge in [-0.2, -0.15) is 10.2 Å². The number of rotatable bonds is 2. The van der Waals surface area contributed by atoms with Gasteiger partial charge in [-0.1, -0.05) is 0 Å². The Morgan fingerprint density at radius 1 is 1.33 bits per heavy atom. The molecule has 2 heterocycles. The van der Waals surface area contributed by atoms with Crippen LogP contribution in [0.25, 0.3) is 0 Å². The molecule has 0 fully saturated rings. The van der Waals surface area contributed by atoms with Crippen LogP contribution in [0, 0.1) is 13.8 Å². The summed E-state index contributed by atoms with van der Waals surface area (Å²) >= 11 is 0. The monoisotopic (exact) mass is 206 g/mol. The van der Waals surface area contributed by atoms with Gasteiger partial charge in [-0.05, 0) is 13.8 Å². The molecule has 0 bridgehead atoms. The summed E-state index contributed by atoms with van der Waals surface area (Å²) in [5, 5.41) is 8.44. The maximum Gasteiger partial charge on any atom is 0.148 e. The first kappa shape index (κ1) is 9.70. The number of nitrogens with zero attached hydrogens (tertiary/aromatic N) is 5. The zero-order chi connectivity index (χ0) is 11.0. The summed E-state index contributed by atoms with van der Waals surface area (Å²) in [6, 6.07) is 0. The van der Waals surface area contributed by atoms with Gasteiger partial charge in [0.15, 0.2) is 0 Å². The molecule has 2 N–H and O–H groups in total. The molecule has 2 aromatic rings. The van der Waals surface area contributed by atoms with E-state index in [-0.39, 0.29) is 0 Å². The van der Waals surface area contributed by atoms with Gasteiger partial charge in [-0.15, -0.1) is 0 Å². The van der Waals surface area contributed by atoms with Crippen molar-refractivity contribution in [1.82, 2.24) is 24.5 Å². The van der Waals surface area contributed by atoms with Crippen LogP contribution >= 0.6 is 0 Å². The summed E-state index contributed by atoms with van der Waals surface area (Å²) in [4.78, 5) is 4.29. The van der Waals surface area contributed by atoms with Crippen molar-refractivity contribution in [3.05, 3.63) is 23.5 Å². The van der Waals surface area contributed by atoms with Crippen molar-refractivity contribution in [2.45, 2.75) is 20.4 Å². The predicted molar refractivity (Wildman–Crippen MR) is 56.2 cm³/mol. The Morgan fingerprint density at radius 2 is 2.07 bits per heavy atom. The smallest absolute Gasteiger partial charge is 0.148 e. The van der Waals surface area contributed by atoms with Crippen LogP contribution in [0.3, 0.4) is 0 Å². The molecular weight excluding hydrogens is 192 g/mol. The average Bonchev–Trinajstić information content (AvgIpc) is 2.59. The van der Waals surface area contributed by atoms with Crippen LogP contribution in [0.4, 0.5) is 5.69 Å². The highest BCUT2D eigenvalue weighted by Crippen LogP contribution is 2.08. The van der Waals surface area contributed by atoms with E-state index < -0.39 is 0 Å². The van der Waals surface area contributed by atoms with Gasteiger partial charge in [-0.3, -0.25) is 9.36 Å². The van der Waals surface area contributed by atoms with Crippen LogP contribution in [0.1, 0.15) is 17.3 Å². The molecular formula is C9H14N6. The van der Waals surface area contributed by atoms with Crippen LogP contribution in [0.15, 0.2) is 6.20 Å². The van der Waals surface area contributed by atoms with Crippen molar-refractivity contribution in [3.8, 4) is 0 Å². The summed E-state index contributed by atoms with van der Waals surface area (Å²) in [7, 11) is 1.87. The predicted octanol–water partition coefficient (Wildman–Crippen LogP) is 0.259. The molecule has 0 saturated heterocycles. The topological polar surface area (TPSA) is 74.6 Å². The second-order valence-electron chi connectivity index (χ2n) is 3.57. The highest BCUT2D eigenvalue weighted by molar-refractivity contribution is 5.39. The molecule has 0 aliphatic carbocycles. The fraction of sp³-hybridized carbons (Fsp3) is 0.444. The number of nitrogens with two attached hydrogens (primary N) is 1. The van der Waals surface area contributed by atoms with Crippen molar-refractivity contribution in [1.29, 1.82) is 0 Å². The molecule has 0 unspecified atom stereocenters. The Kier molecular flexibility index (Phi) is 2.18. The largest absolute Gasteiger partial charge is 0.396 e. The quantitative estimate of drug-likeness (QED) is 0.764. The zero-order valence-electron chi connectivity index (χ0n) is 9.10. The maximum absolute atomic E-state index is 5.71. The lowest BCUT2D eigenvalue weighted by Crippen LogP contribution is -2.07. The lowest BCUT2D eigenvalue weighted by atomic mass is 10.4. The Balaban J connectivity index is 2.25. The zero-order valence-corrected chi connectivity index (χ0v) is 9.10. The first-order valence-corrected chi connectivity index (χ1v) is 4.72. The van der Waals surface area contributed by atoms with Crippen molar-refractivity contribution in [2.75, 3.05) is 5.73 Å². The standard InChI is InChI=1S/C9H14N6/c1-6-8(10)4-15(12-6)5-9-11-7(2)13-14(9)3/h4H,5,10H2,1-3H3. The third-order valence-electron chi connectivity index (χ3n) is 2.25. The molecule has 0 atom stereocenters. The molecule has 80 valence electrons. The summed E-state index contributed by atoms with van der Waals surface area (Å²) in [5.74, 6) is 1.64. The first-order valence-electron chi connectivity index (χ1n) is 4.72. The van der Waals surface area contributed by atoms with Gasteiger partial charge < -0.3 is 5.73 Å². The number of anilines is 1. The normalized spacial score (nSPS) is 10.9. The first-order chi connectivity index (χ1) is 7.06. The second kappa shape index (κ2) is 3.38. The lowest BCUT2D eigenvalue weighted by Gasteiger charge is -1.99. The van der Waals surface area contributed by atoms with E-state index >= 15 is 0 Å². The van der Waals surface area contributed by atoms with Crippen LogP contribution in [0.2, 0.25) is 0 Å². The van der Waals surface area contributed by atoms with Gasteiger partial charge >= 0.3 is 0 Å². The van der Waals surface area contributed by atoms with Crippen molar-refractivity contribution >= 4 is 5.69 Å². The summed E-state index contributed by atoms with van der Waals surface area (Å²) in [5.41, 5.74) is 7.26. The Bertz CT molecular complexity index is 461. The number of aryl methyl sites for hydroxylation is 3. The van der Waals surface area contributed by atoms with E-state index in [2.05, 4.69) is 15.2 Å². The van der Waals surface area contributed by atoms with E-state index in [0.29, 0.717) is 12.2 Å². The average molecular weight is 206 g/mol. The van der Waals surface area contributed by atoms with Gasteiger partial charge in [0.25, 0.3) is 0 Å². The fourth-order valence-electron chi connectivity index (χ4n) is 1.45. The van der Waals surface area contributed by atoms with Crippen molar-refractivity contribution in [3.63, 3.8) is 0 Å². The SMILES string of the molecule is Cc1nc(Cn2cc(N)c(C)n2)n(C)n1. The minimum absolute atomic E-state index is 0.593. The molecule has 6 heteroatoms. The summed E-state index contributed by atoms with van der Waals surface area (Å²) in [6.45, 7) is 4.34. The lowest BCUT2D eigenvalue weighted by molar-refractivity contribution is 0.604. The number of hydrogen-bond donors (Lipinski definition) is 1.